The first-order valence-corrected chi connectivity index (χ1v) is 7.39. The molecule has 0 aromatic carbocycles. The summed E-state index contributed by atoms with van der Waals surface area (Å²) in [6, 6.07) is -0.229. The summed E-state index contributed by atoms with van der Waals surface area (Å²) in [5.41, 5.74) is 0. The third-order valence-corrected chi connectivity index (χ3v) is 4.64. The summed E-state index contributed by atoms with van der Waals surface area (Å²) in [5.74, 6) is -1.85. The molecule has 0 aliphatic heterocycles. The van der Waals surface area contributed by atoms with Crippen LogP contribution in [0.3, 0.4) is 0 Å². The van der Waals surface area contributed by atoms with E-state index in [9.17, 15) is 18.0 Å². The summed E-state index contributed by atoms with van der Waals surface area (Å²) in [6.45, 7) is 1.33. The van der Waals surface area contributed by atoms with Gasteiger partial charge in [0, 0.05) is 12.3 Å². The third kappa shape index (κ3) is 3.69. The fourth-order valence-electron chi connectivity index (χ4n) is 1.85. The summed E-state index contributed by atoms with van der Waals surface area (Å²) in [6.07, 6.45) is 2.48. The SMILES string of the molecule is CC(C(=O)NC1CCC(C(=O)O)C1)S(C)(=O)=O. The lowest BCUT2D eigenvalue weighted by Gasteiger charge is -2.15. The molecule has 0 aromatic rings. The van der Waals surface area contributed by atoms with Gasteiger partial charge in [-0.3, -0.25) is 9.59 Å². The van der Waals surface area contributed by atoms with Gasteiger partial charge in [-0.05, 0) is 26.2 Å². The van der Waals surface area contributed by atoms with Gasteiger partial charge in [0.05, 0.1) is 5.92 Å². The Morgan fingerprint density at radius 2 is 1.94 bits per heavy atom. The van der Waals surface area contributed by atoms with Crippen molar-refractivity contribution in [1.29, 1.82) is 0 Å². The number of hydrogen-bond acceptors (Lipinski definition) is 4. The highest BCUT2D eigenvalue weighted by Gasteiger charge is 2.32. The Labute approximate surface area is 100 Å². The first-order valence-electron chi connectivity index (χ1n) is 5.44. The molecule has 6 nitrogen and oxygen atoms in total. The van der Waals surface area contributed by atoms with E-state index in [1.807, 2.05) is 0 Å². The minimum absolute atomic E-state index is 0.229. The monoisotopic (exact) mass is 263 g/mol. The highest BCUT2D eigenvalue weighted by atomic mass is 32.2. The second-order valence-corrected chi connectivity index (χ2v) is 6.89. The molecular formula is C10H17NO5S. The molecule has 0 spiro atoms. The Bertz CT molecular complexity index is 416. The van der Waals surface area contributed by atoms with Crippen molar-refractivity contribution in [3.05, 3.63) is 0 Å². The van der Waals surface area contributed by atoms with Gasteiger partial charge in [-0.1, -0.05) is 0 Å². The smallest absolute Gasteiger partial charge is 0.306 e. The first kappa shape index (κ1) is 14.0. The van der Waals surface area contributed by atoms with Gasteiger partial charge in [-0.2, -0.15) is 0 Å². The van der Waals surface area contributed by atoms with Crippen LogP contribution in [-0.4, -0.2) is 42.9 Å². The van der Waals surface area contributed by atoms with Crippen molar-refractivity contribution >= 4 is 21.7 Å². The van der Waals surface area contributed by atoms with Crippen LogP contribution >= 0.6 is 0 Å². The van der Waals surface area contributed by atoms with Gasteiger partial charge in [0.2, 0.25) is 5.91 Å². The highest BCUT2D eigenvalue weighted by molar-refractivity contribution is 7.92. The molecule has 1 aliphatic carbocycles. The second kappa shape index (κ2) is 5.03. The highest BCUT2D eigenvalue weighted by Crippen LogP contribution is 2.25. The predicted molar refractivity (Wildman–Crippen MR) is 61.2 cm³/mol. The maximum atomic E-state index is 11.6. The summed E-state index contributed by atoms with van der Waals surface area (Å²) >= 11 is 0. The fourth-order valence-corrected chi connectivity index (χ4v) is 2.31. The van der Waals surface area contributed by atoms with Gasteiger partial charge < -0.3 is 10.4 Å². The van der Waals surface area contributed by atoms with Crippen molar-refractivity contribution in [1.82, 2.24) is 5.32 Å². The molecule has 1 amide bonds. The largest absolute Gasteiger partial charge is 0.481 e. The molecule has 98 valence electrons. The molecule has 0 saturated heterocycles. The van der Waals surface area contributed by atoms with Crippen LogP contribution in [0.15, 0.2) is 0 Å². The first-order chi connectivity index (χ1) is 7.71. The molecule has 3 atom stereocenters. The van der Waals surface area contributed by atoms with Gasteiger partial charge in [-0.25, -0.2) is 8.42 Å². The van der Waals surface area contributed by atoms with Crippen LogP contribution < -0.4 is 5.32 Å². The van der Waals surface area contributed by atoms with Gasteiger partial charge in [0.25, 0.3) is 0 Å². The topological polar surface area (TPSA) is 101 Å². The number of carbonyl (C=O) groups is 2. The molecule has 1 rings (SSSR count). The number of carboxylic acids is 1. The van der Waals surface area contributed by atoms with Crippen molar-refractivity contribution in [3.8, 4) is 0 Å². The lowest BCUT2D eigenvalue weighted by atomic mass is 10.1. The Morgan fingerprint density at radius 1 is 1.35 bits per heavy atom. The number of rotatable bonds is 4. The summed E-state index contributed by atoms with van der Waals surface area (Å²) in [5, 5.41) is 10.3. The van der Waals surface area contributed by atoms with E-state index >= 15 is 0 Å². The van der Waals surface area contributed by atoms with Crippen LogP contribution in [0.1, 0.15) is 26.2 Å². The Kier molecular flexibility index (Phi) is 4.13. The third-order valence-electron chi connectivity index (χ3n) is 3.14. The quantitative estimate of drug-likeness (QED) is 0.731. The molecule has 7 heteroatoms. The predicted octanol–water partition coefficient (Wildman–Crippen LogP) is -0.211. The number of nitrogens with one attached hydrogen (secondary N) is 1. The van der Waals surface area contributed by atoms with E-state index in [1.165, 1.54) is 6.92 Å². The average Bonchev–Trinajstić information content (AvgIpc) is 2.63. The summed E-state index contributed by atoms with van der Waals surface area (Å²) in [7, 11) is -3.40. The fraction of sp³-hybridized carbons (Fsp3) is 0.800. The maximum absolute atomic E-state index is 11.6. The molecule has 17 heavy (non-hydrogen) atoms. The Hall–Kier alpha value is -1.11. The zero-order chi connectivity index (χ0) is 13.2. The number of carbonyl (C=O) groups excluding carboxylic acids is 1. The minimum Gasteiger partial charge on any atom is -0.481 e. The van der Waals surface area contributed by atoms with E-state index in [-0.39, 0.29) is 6.04 Å². The zero-order valence-corrected chi connectivity index (χ0v) is 10.7. The second-order valence-electron chi connectivity index (χ2n) is 4.53. The molecular weight excluding hydrogens is 246 g/mol. The van der Waals surface area contributed by atoms with Crippen LogP contribution in [-0.2, 0) is 19.4 Å². The van der Waals surface area contributed by atoms with E-state index in [2.05, 4.69) is 5.32 Å². The zero-order valence-electron chi connectivity index (χ0n) is 9.84. The van der Waals surface area contributed by atoms with Crippen LogP contribution in [0.5, 0.6) is 0 Å². The number of sulfone groups is 1. The van der Waals surface area contributed by atoms with Crippen LogP contribution in [0.25, 0.3) is 0 Å². The summed E-state index contributed by atoms with van der Waals surface area (Å²) in [4.78, 5) is 22.3. The lowest BCUT2D eigenvalue weighted by Crippen LogP contribution is -2.42. The Balaban J connectivity index is 2.52. The number of aliphatic carboxylic acids is 1. The number of amides is 1. The molecule has 0 radical (unpaired) electrons. The van der Waals surface area contributed by atoms with E-state index in [0.717, 1.165) is 6.26 Å². The molecule has 1 fully saturated rings. The van der Waals surface area contributed by atoms with Crippen LogP contribution in [0.2, 0.25) is 0 Å². The van der Waals surface area contributed by atoms with Crippen molar-refractivity contribution < 1.29 is 23.1 Å². The molecule has 0 heterocycles. The van der Waals surface area contributed by atoms with Crippen LogP contribution in [0.4, 0.5) is 0 Å². The molecule has 2 N–H and O–H groups in total. The minimum atomic E-state index is -3.40. The van der Waals surface area contributed by atoms with Crippen molar-refractivity contribution in [2.75, 3.05) is 6.26 Å². The van der Waals surface area contributed by atoms with Crippen molar-refractivity contribution in [2.45, 2.75) is 37.5 Å². The molecule has 1 aliphatic rings. The molecule has 3 unspecified atom stereocenters. The lowest BCUT2D eigenvalue weighted by molar-refractivity contribution is -0.141. The van der Waals surface area contributed by atoms with Gasteiger partial charge in [-0.15, -0.1) is 0 Å². The normalized spacial score (nSPS) is 26.5. The average molecular weight is 263 g/mol. The molecule has 0 aromatic heterocycles. The van der Waals surface area contributed by atoms with E-state index in [4.69, 9.17) is 5.11 Å². The Morgan fingerprint density at radius 3 is 2.35 bits per heavy atom. The van der Waals surface area contributed by atoms with Crippen molar-refractivity contribution in [2.24, 2.45) is 5.92 Å². The number of carboxylic acid groups (broad SMARTS) is 1. The van der Waals surface area contributed by atoms with Gasteiger partial charge >= 0.3 is 5.97 Å². The van der Waals surface area contributed by atoms with Gasteiger partial charge in [0.1, 0.15) is 5.25 Å². The van der Waals surface area contributed by atoms with E-state index < -0.39 is 32.9 Å². The number of hydrogen-bond donors (Lipinski definition) is 2. The van der Waals surface area contributed by atoms with Gasteiger partial charge in [0.15, 0.2) is 9.84 Å². The maximum Gasteiger partial charge on any atom is 0.306 e. The van der Waals surface area contributed by atoms with Crippen LogP contribution in [0, 0.1) is 5.92 Å². The van der Waals surface area contributed by atoms with E-state index in [1.54, 1.807) is 0 Å². The van der Waals surface area contributed by atoms with Crippen molar-refractivity contribution in [3.63, 3.8) is 0 Å². The van der Waals surface area contributed by atoms with E-state index in [0.29, 0.717) is 19.3 Å². The standard InChI is InChI=1S/C10H17NO5S/c1-6(17(2,15)16)9(12)11-8-4-3-7(5-8)10(13)14/h6-8H,3-5H2,1-2H3,(H,11,12)(H,13,14). The molecule has 1 saturated carbocycles. The molecule has 0 bridgehead atoms. The summed E-state index contributed by atoms with van der Waals surface area (Å²) < 4.78 is 22.3.